The van der Waals surface area contributed by atoms with E-state index in [-0.39, 0.29) is 24.3 Å². The second-order valence-corrected chi connectivity index (χ2v) is 5.78. The van der Waals surface area contributed by atoms with Crippen molar-refractivity contribution in [3.8, 4) is 0 Å². The number of morpholine rings is 1. The molecule has 2 atom stereocenters. The van der Waals surface area contributed by atoms with Gasteiger partial charge < -0.3 is 8.92 Å². The van der Waals surface area contributed by atoms with Crippen molar-refractivity contribution in [1.82, 2.24) is 4.90 Å². The number of hydrogen-bond donors (Lipinski definition) is 0. The molecule has 0 aromatic carbocycles. The smallest absolute Gasteiger partial charge is 0.381 e. The molecule has 2 aliphatic heterocycles. The minimum Gasteiger partial charge on any atom is -0.381 e. The molecule has 18 heavy (non-hydrogen) atoms. The molecular formula is C9H12F3NO4S. The molecule has 2 rings (SSSR count). The summed E-state index contributed by atoms with van der Waals surface area (Å²) >= 11 is 0. The van der Waals surface area contributed by atoms with E-state index >= 15 is 0 Å². The van der Waals surface area contributed by atoms with Crippen LogP contribution in [0.2, 0.25) is 0 Å². The van der Waals surface area contributed by atoms with Crippen molar-refractivity contribution in [2.75, 3.05) is 20.3 Å². The number of rotatable bonds is 2. The molecule has 104 valence electrons. The zero-order valence-electron chi connectivity index (χ0n) is 9.48. The molecule has 0 radical (unpaired) electrons. The molecule has 0 saturated carbocycles. The highest BCUT2D eigenvalue weighted by Gasteiger charge is 2.49. The summed E-state index contributed by atoms with van der Waals surface area (Å²) in [6, 6.07) is -0.414. The second kappa shape index (κ2) is 4.39. The van der Waals surface area contributed by atoms with Gasteiger partial charge in [-0.2, -0.15) is 21.6 Å². The molecule has 1 fully saturated rings. The van der Waals surface area contributed by atoms with E-state index in [0.29, 0.717) is 13.2 Å². The Morgan fingerprint density at radius 3 is 2.67 bits per heavy atom. The zero-order valence-corrected chi connectivity index (χ0v) is 10.3. The van der Waals surface area contributed by atoms with Gasteiger partial charge in [-0.1, -0.05) is 0 Å². The van der Waals surface area contributed by atoms with Gasteiger partial charge in [0.1, 0.15) is 5.76 Å². The summed E-state index contributed by atoms with van der Waals surface area (Å²) in [5, 5.41) is 0. The van der Waals surface area contributed by atoms with Crippen LogP contribution in [0.4, 0.5) is 13.2 Å². The zero-order chi connectivity index (χ0) is 13.6. The van der Waals surface area contributed by atoms with E-state index in [1.54, 1.807) is 0 Å². The topological polar surface area (TPSA) is 55.8 Å². The van der Waals surface area contributed by atoms with Crippen molar-refractivity contribution in [3.05, 3.63) is 11.8 Å². The van der Waals surface area contributed by atoms with Crippen molar-refractivity contribution in [2.24, 2.45) is 0 Å². The van der Waals surface area contributed by atoms with Crippen LogP contribution in [0.5, 0.6) is 0 Å². The third-order valence-electron chi connectivity index (χ3n) is 3.01. The molecular weight excluding hydrogens is 275 g/mol. The highest BCUT2D eigenvalue weighted by atomic mass is 32.2. The van der Waals surface area contributed by atoms with Gasteiger partial charge in [0.15, 0.2) is 0 Å². The molecule has 0 N–H and O–H groups in total. The van der Waals surface area contributed by atoms with Crippen molar-refractivity contribution < 1.29 is 30.5 Å². The lowest BCUT2D eigenvalue weighted by Gasteiger charge is -2.41. The summed E-state index contributed by atoms with van der Waals surface area (Å²) in [5.41, 5.74) is -5.40. The van der Waals surface area contributed by atoms with Gasteiger partial charge in [0.05, 0.1) is 19.3 Å². The molecule has 1 saturated heterocycles. The van der Waals surface area contributed by atoms with Gasteiger partial charge in [0.2, 0.25) is 0 Å². The van der Waals surface area contributed by atoms with Crippen LogP contribution in [0.15, 0.2) is 11.8 Å². The van der Waals surface area contributed by atoms with Gasteiger partial charge in [-0.05, 0) is 13.1 Å². The van der Waals surface area contributed by atoms with Crippen molar-refractivity contribution >= 4 is 10.1 Å². The summed E-state index contributed by atoms with van der Waals surface area (Å²) in [4.78, 5) is 1.93. The number of fused-ring (bicyclic) bond motifs is 2. The Labute approximate surface area is 102 Å². The van der Waals surface area contributed by atoms with Gasteiger partial charge >= 0.3 is 15.6 Å². The van der Waals surface area contributed by atoms with Crippen LogP contribution < -0.4 is 0 Å². The average Bonchev–Trinajstić information content (AvgIpc) is 2.17. The van der Waals surface area contributed by atoms with Crippen molar-refractivity contribution in [3.63, 3.8) is 0 Å². The lowest BCUT2D eigenvalue weighted by atomic mass is 10.0. The van der Waals surface area contributed by atoms with Crippen LogP contribution in [0.25, 0.3) is 0 Å². The predicted octanol–water partition coefficient (Wildman–Crippen LogP) is 0.839. The van der Waals surface area contributed by atoms with Crippen LogP contribution in [0.3, 0.4) is 0 Å². The molecule has 2 bridgehead atoms. The molecule has 0 spiro atoms. The lowest BCUT2D eigenvalue weighted by molar-refractivity contribution is -0.0551. The molecule has 2 heterocycles. The number of nitrogens with zero attached hydrogens (tertiary/aromatic N) is 1. The number of likely N-dealkylation sites (N-methyl/N-ethyl adjacent to an activating group) is 1. The highest BCUT2D eigenvalue weighted by molar-refractivity contribution is 7.87. The summed E-state index contributed by atoms with van der Waals surface area (Å²) in [6.45, 7) is 0.658. The highest BCUT2D eigenvalue weighted by Crippen LogP contribution is 2.31. The summed E-state index contributed by atoms with van der Waals surface area (Å²) < 4.78 is 67.7. The van der Waals surface area contributed by atoms with E-state index < -0.39 is 15.6 Å². The Hall–Kier alpha value is -0.800. The molecule has 0 aromatic heterocycles. The van der Waals surface area contributed by atoms with Crippen LogP contribution in [-0.4, -0.2) is 51.2 Å². The first-order valence-corrected chi connectivity index (χ1v) is 6.62. The van der Waals surface area contributed by atoms with Gasteiger partial charge in [-0.15, -0.1) is 0 Å². The molecule has 2 unspecified atom stereocenters. The summed E-state index contributed by atoms with van der Waals surface area (Å²) in [5.74, 6) is -0.163. The SMILES string of the molecule is CN1C2C=C(OS(=O)(=O)C(F)(F)F)CC1COC2. The van der Waals surface area contributed by atoms with E-state index in [1.165, 1.54) is 6.08 Å². The Morgan fingerprint density at radius 1 is 1.44 bits per heavy atom. The average molecular weight is 287 g/mol. The fraction of sp³-hybridized carbons (Fsp3) is 0.778. The minimum atomic E-state index is -5.57. The summed E-state index contributed by atoms with van der Waals surface area (Å²) in [6.07, 6.45) is 1.45. The van der Waals surface area contributed by atoms with E-state index in [2.05, 4.69) is 4.18 Å². The Kier molecular flexibility index (Phi) is 3.32. The quantitative estimate of drug-likeness (QED) is 0.556. The molecule has 0 amide bonds. The van der Waals surface area contributed by atoms with E-state index in [9.17, 15) is 21.6 Å². The molecule has 9 heteroatoms. The maximum atomic E-state index is 12.2. The van der Waals surface area contributed by atoms with Gasteiger partial charge in [0, 0.05) is 12.5 Å². The number of ether oxygens (including phenoxy) is 1. The third kappa shape index (κ3) is 2.47. The molecule has 5 nitrogen and oxygen atoms in total. The van der Waals surface area contributed by atoms with E-state index in [4.69, 9.17) is 4.74 Å². The monoisotopic (exact) mass is 287 g/mol. The Morgan fingerprint density at radius 2 is 2.11 bits per heavy atom. The van der Waals surface area contributed by atoms with Crippen molar-refractivity contribution in [2.45, 2.75) is 24.0 Å². The fourth-order valence-corrected chi connectivity index (χ4v) is 2.46. The Balaban J connectivity index is 2.17. The third-order valence-corrected chi connectivity index (χ3v) is 4.01. The van der Waals surface area contributed by atoms with Crippen LogP contribution in [0.1, 0.15) is 6.42 Å². The normalized spacial score (nSPS) is 29.9. The summed E-state index contributed by atoms with van der Waals surface area (Å²) in [7, 11) is -3.76. The number of halogens is 3. The van der Waals surface area contributed by atoms with E-state index in [0.717, 1.165) is 0 Å². The maximum absolute atomic E-state index is 12.2. The van der Waals surface area contributed by atoms with Gasteiger partial charge in [-0.3, -0.25) is 4.90 Å². The van der Waals surface area contributed by atoms with Gasteiger partial charge in [-0.25, -0.2) is 0 Å². The number of hydrogen-bond acceptors (Lipinski definition) is 5. The first-order chi connectivity index (χ1) is 8.21. The maximum Gasteiger partial charge on any atom is 0.534 e. The molecule has 0 aromatic rings. The Bertz CT molecular complexity index is 459. The van der Waals surface area contributed by atoms with Crippen LogP contribution in [-0.2, 0) is 19.0 Å². The predicted molar refractivity (Wildman–Crippen MR) is 54.9 cm³/mol. The standard InChI is InChI=1S/C9H12F3NO4S/c1-13-6-2-8(3-7(13)5-16-4-6)17-18(14,15)9(10,11)12/h2,6-7H,3-5H2,1H3. The molecule has 2 aliphatic rings. The first-order valence-electron chi connectivity index (χ1n) is 5.22. The first kappa shape index (κ1) is 13.6. The van der Waals surface area contributed by atoms with Crippen LogP contribution >= 0.6 is 0 Å². The second-order valence-electron chi connectivity index (χ2n) is 4.24. The van der Waals surface area contributed by atoms with Crippen LogP contribution in [0, 0.1) is 0 Å². The molecule has 0 aliphatic carbocycles. The lowest BCUT2D eigenvalue weighted by Crippen LogP contribution is -2.52. The minimum absolute atomic E-state index is 0.0856. The van der Waals surface area contributed by atoms with E-state index in [1.807, 2.05) is 11.9 Å². The fourth-order valence-electron chi connectivity index (χ4n) is 1.96. The largest absolute Gasteiger partial charge is 0.534 e. The van der Waals surface area contributed by atoms with Crippen molar-refractivity contribution in [1.29, 1.82) is 0 Å². The number of alkyl halides is 3. The van der Waals surface area contributed by atoms with Gasteiger partial charge in [0.25, 0.3) is 0 Å².